The molecule has 1 radical (unpaired) electrons. The maximum absolute atomic E-state index is 11.7. The van der Waals surface area contributed by atoms with Gasteiger partial charge in [-0.3, -0.25) is 10.1 Å². The van der Waals surface area contributed by atoms with Crippen LogP contribution in [-0.2, 0) is 9.84 Å². The van der Waals surface area contributed by atoms with Gasteiger partial charge < -0.3 is 5.73 Å². The van der Waals surface area contributed by atoms with Crippen LogP contribution in [0.2, 0.25) is 0 Å². The third kappa shape index (κ3) is 3.14. The molecule has 0 heterocycles. The minimum atomic E-state index is -3.34. The Morgan fingerprint density at radius 2 is 2.12 bits per heavy atom. The van der Waals surface area contributed by atoms with Crippen LogP contribution in [0.15, 0.2) is 23.1 Å². The van der Waals surface area contributed by atoms with Crippen molar-refractivity contribution < 1.29 is 13.3 Å². The summed E-state index contributed by atoms with van der Waals surface area (Å²) in [5.74, 6) is -0.0204. The van der Waals surface area contributed by atoms with Gasteiger partial charge in [0.05, 0.1) is 10.7 Å². The number of rotatable bonds is 5. The zero-order chi connectivity index (χ0) is 12.2. The van der Waals surface area contributed by atoms with E-state index >= 15 is 0 Å². The number of sulfone groups is 1. The molecule has 89 valence electrons. The molecule has 0 aromatic rings. The molecule has 2 N–H and O–H groups in total. The first-order valence-corrected chi connectivity index (χ1v) is 6.44. The molecule has 1 rings (SSSR count). The van der Waals surface area contributed by atoms with Crippen molar-refractivity contribution in [1.29, 1.82) is 0 Å². The van der Waals surface area contributed by atoms with E-state index in [-0.39, 0.29) is 23.1 Å². The molecule has 0 amide bonds. The molecule has 0 bridgehead atoms. The molecular weight excluding hydrogens is 232 g/mol. The van der Waals surface area contributed by atoms with Gasteiger partial charge in [0.1, 0.15) is 0 Å². The van der Waals surface area contributed by atoms with Crippen molar-refractivity contribution in [2.24, 2.45) is 5.73 Å². The lowest BCUT2D eigenvalue weighted by molar-refractivity contribution is -0.457. The fraction of sp³-hybridized carbons (Fsp3) is 0.444. The van der Waals surface area contributed by atoms with E-state index in [1.54, 1.807) is 0 Å². The van der Waals surface area contributed by atoms with Gasteiger partial charge in [0.25, 0.3) is 0 Å². The van der Waals surface area contributed by atoms with Crippen molar-refractivity contribution in [3.05, 3.63) is 39.3 Å². The van der Waals surface area contributed by atoms with Crippen LogP contribution in [0.25, 0.3) is 0 Å². The van der Waals surface area contributed by atoms with Crippen LogP contribution < -0.4 is 5.73 Å². The van der Waals surface area contributed by atoms with E-state index in [2.05, 4.69) is 0 Å². The van der Waals surface area contributed by atoms with Crippen molar-refractivity contribution in [1.82, 2.24) is 0 Å². The molecular formula is C9H13N2O4S. The Bertz CT molecular complexity index is 425. The van der Waals surface area contributed by atoms with Gasteiger partial charge in [0.2, 0.25) is 0 Å². The quantitative estimate of drug-likeness (QED) is 0.558. The molecule has 1 aliphatic rings. The second-order valence-electron chi connectivity index (χ2n) is 3.35. The normalized spacial score (nSPS) is 17.2. The van der Waals surface area contributed by atoms with E-state index in [9.17, 15) is 18.5 Å². The first-order chi connectivity index (χ1) is 7.47. The van der Waals surface area contributed by atoms with Crippen molar-refractivity contribution in [2.45, 2.75) is 12.8 Å². The summed E-state index contributed by atoms with van der Waals surface area (Å²) in [7, 11) is -3.34. The zero-order valence-electron chi connectivity index (χ0n) is 8.63. The van der Waals surface area contributed by atoms with Crippen molar-refractivity contribution in [3.63, 3.8) is 0 Å². The topological polar surface area (TPSA) is 103 Å². The third-order valence-electron chi connectivity index (χ3n) is 2.16. The van der Waals surface area contributed by atoms with Crippen LogP contribution in [-0.4, -0.2) is 25.6 Å². The fourth-order valence-electron chi connectivity index (χ4n) is 1.28. The van der Waals surface area contributed by atoms with E-state index in [0.717, 1.165) is 0 Å². The summed E-state index contributed by atoms with van der Waals surface area (Å²) in [5, 5.41) is 10.4. The second kappa shape index (κ2) is 5.22. The summed E-state index contributed by atoms with van der Waals surface area (Å²) in [6.45, 7) is 0.308. The molecule has 0 aromatic carbocycles. The molecule has 0 saturated carbocycles. The van der Waals surface area contributed by atoms with Gasteiger partial charge in [0, 0.05) is 17.4 Å². The van der Waals surface area contributed by atoms with Crippen LogP contribution in [0.4, 0.5) is 0 Å². The second-order valence-corrected chi connectivity index (χ2v) is 5.46. The lowest BCUT2D eigenvalue weighted by Crippen LogP contribution is -2.15. The van der Waals surface area contributed by atoms with Gasteiger partial charge in [-0.05, 0) is 19.0 Å². The average Bonchev–Trinajstić information content (AvgIpc) is 2.26. The largest absolute Gasteiger partial charge is 0.330 e. The van der Waals surface area contributed by atoms with Crippen LogP contribution >= 0.6 is 0 Å². The highest BCUT2D eigenvalue weighted by molar-refractivity contribution is 7.95. The first-order valence-electron chi connectivity index (χ1n) is 4.78. The summed E-state index contributed by atoms with van der Waals surface area (Å²) in [4.78, 5) is 10.0. The standard InChI is InChI=1S/C9H13N2O4S/c10-6-1-7-16(14,15)9-4-2-8(3-5-9)11(12)13/h2,4-5H,1,3,6-7,10H2. The van der Waals surface area contributed by atoms with Gasteiger partial charge in [-0.15, -0.1) is 0 Å². The maximum atomic E-state index is 11.7. The Balaban J connectivity index is 2.72. The first kappa shape index (κ1) is 12.9. The third-order valence-corrected chi connectivity index (χ3v) is 4.01. The van der Waals surface area contributed by atoms with Gasteiger partial charge in [0.15, 0.2) is 9.84 Å². The van der Waals surface area contributed by atoms with Crippen LogP contribution in [0, 0.1) is 16.2 Å². The average molecular weight is 245 g/mol. The van der Waals surface area contributed by atoms with Gasteiger partial charge in [-0.1, -0.05) is 6.08 Å². The lowest BCUT2D eigenvalue weighted by Gasteiger charge is -2.09. The summed E-state index contributed by atoms with van der Waals surface area (Å²) in [5.41, 5.74) is 5.23. The number of hydrogen-bond donors (Lipinski definition) is 1. The molecule has 0 saturated heterocycles. The number of nitrogens with zero attached hydrogens (tertiary/aromatic N) is 1. The van der Waals surface area contributed by atoms with Crippen molar-refractivity contribution >= 4 is 9.84 Å². The summed E-state index contributed by atoms with van der Waals surface area (Å²) >= 11 is 0. The van der Waals surface area contributed by atoms with Crippen LogP contribution in [0.1, 0.15) is 12.8 Å². The molecule has 6 nitrogen and oxygen atoms in total. The fourth-order valence-corrected chi connectivity index (χ4v) is 2.67. The molecule has 0 fully saturated rings. The minimum Gasteiger partial charge on any atom is -0.330 e. The number of allylic oxidation sites excluding steroid dienone is 1. The molecule has 0 atom stereocenters. The SMILES string of the molecule is NCCCS(=O)(=O)C1=CC[C]([N+](=O)[O-])C=C1. The molecule has 16 heavy (non-hydrogen) atoms. The summed E-state index contributed by atoms with van der Waals surface area (Å²) in [6.07, 6.45) is 4.30. The number of nitro groups is 1. The number of nitrogens with two attached hydrogens (primary N) is 1. The monoisotopic (exact) mass is 245 g/mol. The summed E-state index contributed by atoms with van der Waals surface area (Å²) < 4.78 is 23.3. The van der Waals surface area contributed by atoms with Crippen molar-refractivity contribution in [3.8, 4) is 0 Å². The van der Waals surface area contributed by atoms with E-state index in [1.165, 1.54) is 18.2 Å². The summed E-state index contributed by atoms with van der Waals surface area (Å²) in [6, 6.07) is -0.00206. The van der Waals surface area contributed by atoms with Gasteiger partial charge in [-0.2, -0.15) is 0 Å². The maximum Gasteiger partial charge on any atom is 0.316 e. The van der Waals surface area contributed by atoms with Gasteiger partial charge >= 0.3 is 6.04 Å². The van der Waals surface area contributed by atoms with E-state index < -0.39 is 14.8 Å². The van der Waals surface area contributed by atoms with E-state index in [0.29, 0.717) is 13.0 Å². The smallest absolute Gasteiger partial charge is 0.316 e. The number of hydrogen-bond acceptors (Lipinski definition) is 5. The van der Waals surface area contributed by atoms with Crippen LogP contribution in [0.5, 0.6) is 0 Å². The molecule has 1 aliphatic carbocycles. The molecule has 7 heteroatoms. The van der Waals surface area contributed by atoms with Gasteiger partial charge in [-0.25, -0.2) is 8.42 Å². The predicted molar refractivity (Wildman–Crippen MR) is 59.5 cm³/mol. The van der Waals surface area contributed by atoms with Crippen molar-refractivity contribution in [2.75, 3.05) is 12.3 Å². The Labute approximate surface area is 93.9 Å². The van der Waals surface area contributed by atoms with Crippen LogP contribution in [0.3, 0.4) is 0 Å². The Kier molecular flexibility index (Phi) is 4.19. The minimum absolute atomic E-state index is 0.00206. The highest BCUT2D eigenvalue weighted by Crippen LogP contribution is 2.22. The molecule has 0 spiro atoms. The van der Waals surface area contributed by atoms with E-state index in [4.69, 9.17) is 5.73 Å². The Morgan fingerprint density at radius 3 is 2.56 bits per heavy atom. The lowest BCUT2D eigenvalue weighted by atomic mass is 10.1. The zero-order valence-corrected chi connectivity index (χ0v) is 9.44. The Morgan fingerprint density at radius 1 is 1.44 bits per heavy atom. The predicted octanol–water partition coefficient (Wildman–Crippen LogP) is 0.402. The Hall–Kier alpha value is -1.21. The van der Waals surface area contributed by atoms with E-state index in [1.807, 2.05) is 0 Å². The molecule has 0 unspecified atom stereocenters. The molecule has 0 aliphatic heterocycles. The highest BCUT2D eigenvalue weighted by Gasteiger charge is 2.25. The highest BCUT2D eigenvalue weighted by atomic mass is 32.2. The molecule has 0 aromatic heterocycles.